The molecule has 2 aromatic heterocycles. The van der Waals surface area contributed by atoms with Gasteiger partial charge in [0.15, 0.2) is 5.56 Å². The van der Waals surface area contributed by atoms with E-state index < -0.39 is 28.6 Å². The molecule has 0 bridgehead atoms. The van der Waals surface area contributed by atoms with Gasteiger partial charge in [0.25, 0.3) is 11.5 Å². The summed E-state index contributed by atoms with van der Waals surface area (Å²) >= 11 is 0. The van der Waals surface area contributed by atoms with Gasteiger partial charge in [0.2, 0.25) is 5.88 Å². The van der Waals surface area contributed by atoms with E-state index in [1.165, 1.54) is 24.5 Å². The van der Waals surface area contributed by atoms with Gasteiger partial charge in [-0.2, -0.15) is 0 Å². The Balaban J connectivity index is 0.00000180. The molecule has 2 heterocycles. The van der Waals surface area contributed by atoms with E-state index in [-0.39, 0.29) is 12.4 Å². The van der Waals surface area contributed by atoms with Crippen molar-refractivity contribution >= 4 is 24.0 Å². The van der Waals surface area contributed by atoms with Crippen LogP contribution in [0.2, 0.25) is 0 Å². The Labute approximate surface area is 111 Å². The molecule has 0 saturated heterocycles. The second-order valence-corrected chi connectivity index (χ2v) is 3.32. The molecule has 9 heteroatoms. The minimum absolute atomic E-state index is 0. The normalized spacial score (nSPS) is 9.47. The fraction of sp³-hybridized carbons (Fsp3) is 0. The summed E-state index contributed by atoms with van der Waals surface area (Å²) in [5.41, 5.74) is -2.02. The van der Waals surface area contributed by atoms with Crippen molar-refractivity contribution < 1.29 is 9.90 Å². The van der Waals surface area contributed by atoms with Crippen molar-refractivity contribution in [2.24, 2.45) is 0 Å². The maximum absolute atomic E-state index is 11.7. The second kappa shape index (κ2) is 5.83. The number of carbonyl (C=O) groups is 1. The third-order valence-electron chi connectivity index (χ3n) is 2.09. The number of hydrogen-bond donors (Lipinski definition) is 4. The highest BCUT2D eigenvalue weighted by atomic mass is 35.5. The Kier molecular flexibility index (Phi) is 4.43. The Morgan fingerprint density at radius 3 is 2.42 bits per heavy atom. The van der Waals surface area contributed by atoms with E-state index in [4.69, 9.17) is 0 Å². The summed E-state index contributed by atoms with van der Waals surface area (Å²) in [4.78, 5) is 41.5. The van der Waals surface area contributed by atoms with E-state index in [1.807, 2.05) is 9.97 Å². The number of nitrogens with zero attached hydrogens (tertiary/aromatic N) is 1. The second-order valence-electron chi connectivity index (χ2n) is 3.32. The first-order chi connectivity index (χ1) is 8.58. The van der Waals surface area contributed by atoms with Gasteiger partial charge in [0.1, 0.15) is 0 Å². The van der Waals surface area contributed by atoms with Crippen LogP contribution in [-0.4, -0.2) is 26.0 Å². The summed E-state index contributed by atoms with van der Waals surface area (Å²) in [7, 11) is 0. The van der Waals surface area contributed by atoms with Crippen LogP contribution >= 0.6 is 12.4 Å². The Hall–Kier alpha value is -2.61. The predicted octanol–water partition coefficient (Wildman–Crippen LogP) is -0.162. The lowest BCUT2D eigenvalue weighted by Gasteiger charge is -2.04. The van der Waals surface area contributed by atoms with Crippen LogP contribution in [0, 0.1) is 0 Å². The zero-order valence-corrected chi connectivity index (χ0v) is 10.2. The van der Waals surface area contributed by atoms with Crippen LogP contribution in [-0.2, 0) is 0 Å². The number of hydrogen-bond acceptors (Lipinski definition) is 5. The standard InChI is InChI=1S/C10H8N4O4.ClH/c15-7(12-5-1-3-11-4-2-5)6-8(16)13-10(18)14-9(6)17;/h1-4H,(H,11,12,15)(H3,13,14,16,17,18);1H. The van der Waals surface area contributed by atoms with E-state index in [1.54, 1.807) is 0 Å². The van der Waals surface area contributed by atoms with Crippen molar-refractivity contribution in [3.8, 4) is 5.88 Å². The quantitative estimate of drug-likeness (QED) is 0.609. The molecule has 0 radical (unpaired) electrons. The highest BCUT2D eigenvalue weighted by Crippen LogP contribution is 2.09. The van der Waals surface area contributed by atoms with E-state index >= 15 is 0 Å². The predicted molar refractivity (Wildman–Crippen MR) is 68.8 cm³/mol. The number of aromatic nitrogens is 3. The fourth-order valence-electron chi connectivity index (χ4n) is 1.31. The van der Waals surface area contributed by atoms with Crippen LogP contribution in [0.4, 0.5) is 5.69 Å². The molecular formula is C10H9ClN4O4. The molecule has 0 aliphatic rings. The van der Waals surface area contributed by atoms with Crippen molar-refractivity contribution in [1.82, 2.24) is 15.0 Å². The number of H-pyrrole nitrogens is 2. The smallest absolute Gasteiger partial charge is 0.328 e. The van der Waals surface area contributed by atoms with Crippen molar-refractivity contribution in [3.05, 3.63) is 50.9 Å². The number of aromatic amines is 2. The number of amides is 1. The number of carbonyl (C=O) groups excluding carboxylic acids is 1. The third kappa shape index (κ3) is 3.19. The highest BCUT2D eigenvalue weighted by molar-refractivity contribution is 6.05. The number of pyridine rings is 1. The molecule has 0 aliphatic heterocycles. The minimum Gasteiger partial charge on any atom is -0.494 e. The lowest BCUT2D eigenvalue weighted by molar-refractivity contribution is 0.102. The molecule has 19 heavy (non-hydrogen) atoms. The van der Waals surface area contributed by atoms with Crippen LogP contribution in [0.25, 0.3) is 0 Å². The van der Waals surface area contributed by atoms with Crippen molar-refractivity contribution in [3.63, 3.8) is 0 Å². The van der Waals surface area contributed by atoms with Crippen molar-refractivity contribution in [2.75, 3.05) is 5.32 Å². The Bertz CT molecular complexity index is 695. The molecule has 2 aromatic rings. The number of anilines is 1. The zero-order valence-electron chi connectivity index (χ0n) is 9.34. The highest BCUT2D eigenvalue weighted by Gasteiger charge is 2.17. The molecule has 8 nitrogen and oxygen atoms in total. The first-order valence-electron chi connectivity index (χ1n) is 4.85. The molecule has 0 spiro atoms. The van der Waals surface area contributed by atoms with E-state index in [2.05, 4.69) is 10.3 Å². The lowest BCUT2D eigenvalue weighted by Crippen LogP contribution is -2.30. The molecule has 4 N–H and O–H groups in total. The maximum Gasteiger partial charge on any atom is 0.328 e. The number of nitrogens with one attached hydrogen (secondary N) is 3. The molecule has 0 saturated carbocycles. The fourth-order valence-corrected chi connectivity index (χ4v) is 1.31. The molecule has 0 fully saturated rings. The molecule has 2 rings (SSSR count). The molecule has 1 amide bonds. The van der Waals surface area contributed by atoms with Crippen LogP contribution < -0.4 is 16.6 Å². The van der Waals surface area contributed by atoms with Gasteiger partial charge in [-0.05, 0) is 12.1 Å². The van der Waals surface area contributed by atoms with E-state index in [0.29, 0.717) is 5.69 Å². The van der Waals surface area contributed by atoms with Gasteiger partial charge in [-0.3, -0.25) is 24.5 Å². The van der Waals surface area contributed by atoms with Gasteiger partial charge in [0.05, 0.1) is 0 Å². The average molecular weight is 285 g/mol. The average Bonchev–Trinajstić information content (AvgIpc) is 2.28. The van der Waals surface area contributed by atoms with Gasteiger partial charge in [0, 0.05) is 18.1 Å². The van der Waals surface area contributed by atoms with Crippen LogP contribution in [0.5, 0.6) is 5.88 Å². The summed E-state index contributed by atoms with van der Waals surface area (Å²) in [6, 6.07) is 3.02. The third-order valence-corrected chi connectivity index (χ3v) is 2.09. The van der Waals surface area contributed by atoms with Crippen molar-refractivity contribution in [1.29, 1.82) is 0 Å². The number of halogens is 1. The summed E-state index contributed by atoms with van der Waals surface area (Å²) in [6.07, 6.45) is 2.90. The molecule has 0 unspecified atom stereocenters. The first kappa shape index (κ1) is 14.5. The minimum atomic E-state index is -0.970. The lowest BCUT2D eigenvalue weighted by atomic mass is 10.3. The van der Waals surface area contributed by atoms with Crippen LogP contribution in [0.15, 0.2) is 34.1 Å². The van der Waals surface area contributed by atoms with Gasteiger partial charge in [-0.25, -0.2) is 4.79 Å². The monoisotopic (exact) mass is 284 g/mol. The molecule has 0 aromatic carbocycles. The molecule has 0 aliphatic carbocycles. The van der Waals surface area contributed by atoms with E-state index in [0.717, 1.165) is 0 Å². The van der Waals surface area contributed by atoms with Crippen molar-refractivity contribution in [2.45, 2.75) is 0 Å². The van der Waals surface area contributed by atoms with E-state index in [9.17, 15) is 19.5 Å². The largest absolute Gasteiger partial charge is 0.494 e. The SMILES string of the molecule is Cl.O=C(Nc1ccncc1)c1c(O)[nH]c(=O)[nH]c1=O. The number of aromatic hydroxyl groups is 1. The Morgan fingerprint density at radius 2 is 1.84 bits per heavy atom. The number of rotatable bonds is 2. The van der Waals surface area contributed by atoms with Crippen LogP contribution in [0.1, 0.15) is 10.4 Å². The zero-order chi connectivity index (χ0) is 13.1. The summed E-state index contributed by atoms with van der Waals surface area (Å²) < 4.78 is 0. The van der Waals surface area contributed by atoms with Gasteiger partial charge in [-0.15, -0.1) is 12.4 Å². The van der Waals surface area contributed by atoms with Crippen LogP contribution in [0.3, 0.4) is 0 Å². The van der Waals surface area contributed by atoms with Gasteiger partial charge < -0.3 is 10.4 Å². The first-order valence-corrected chi connectivity index (χ1v) is 4.85. The topological polar surface area (TPSA) is 128 Å². The summed E-state index contributed by atoms with van der Waals surface area (Å²) in [5.74, 6) is -1.62. The molecular weight excluding hydrogens is 276 g/mol. The van der Waals surface area contributed by atoms with Gasteiger partial charge in [-0.1, -0.05) is 0 Å². The molecule has 0 atom stereocenters. The van der Waals surface area contributed by atoms with Gasteiger partial charge >= 0.3 is 5.69 Å². The molecule has 100 valence electrons. The summed E-state index contributed by atoms with van der Waals surface area (Å²) in [6.45, 7) is 0. The Morgan fingerprint density at radius 1 is 1.21 bits per heavy atom. The maximum atomic E-state index is 11.7. The summed E-state index contributed by atoms with van der Waals surface area (Å²) in [5, 5.41) is 11.8.